The van der Waals surface area contributed by atoms with Crippen LogP contribution in [-0.2, 0) is 19.9 Å². The van der Waals surface area contributed by atoms with E-state index in [-0.39, 0.29) is 11.1 Å². The second-order valence-electron chi connectivity index (χ2n) is 5.19. The predicted octanol–water partition coefficient (Wildman–Crippen LogP) is 3.22. The lowest BCUT2D eigenvalue weighted by Crippen LogP contribution is -2.30. The number of aliphatic carboxylic acids is 2. The molecule has 0 heterocycles. The van der Waals surface area contributed by atoms with Gasteiger partial charge in [0.15, 0.2) is 0 Å². The van der Waals surface area contributed by atoms with Crippen LogP contribution in [0.25, 0.3) is 0 Å². The zero-order valence-corrected chi connectivity index (χ0v) is 15.4. The summed E-state index contributed by atoms with van der Waals surface area (Å²) in [6.07, 6.45) is 0. The van der Waals surface area contributed by atoms with Crippen LogP contribution in [0.5, 0.6) is 0 Å². The topological polar surface area (TPSA) is 101 Å². The number of carbonyl (C=O) groups excluding carboxylic acids is 1. The molecule has 0 unspecified atom stereocenters. The first-order valence-electron chi connectivity index (χ1n) is 7.49. The number of carboxylic acids is 2. The van der Waals surface area contributed by atoms with E-state index in [1.807, 2.05) is 11.8 Å². The molecule has 0 bridgehead atoms. The van der Waals surface area contributed by atoms with Crippen molar-refractivity contribution < 1.29 is 29.3 Å². The van der Waals surface area contributed by atoms with Crippen LogP contribution in [0.3, 0.4) is 0 Å². The molecule has 0 aliphatic carbocycles. The van der Waals surface area contributed by atoms with E-state index >= 15 is 0 Å². The molecule has 0 amide bonds. The van der Waals surface area contributed by atoms with Gasteiger partial charge in [0.1, 0.15) is 0 Å². The highest BCUT2D eigenvalue weighted by atomic mass is 35.5. The Labute approximate surface area is 169 Å². The Balaban J connectivity index is 2.62. The maximum atomic E-state index is 12.6. The minimum Gasteiger partial charge on any atom is -0.472 e. The number of hydrogen-bond donors (Lipinski definition) is 2. The fourth-order valence-electron chi connectivity index (χ4n) is 2.04. The number of esters is 1. The lowest BCUT2D eigenvalue weighted by molar-refractivity contribution is -0.131. The molecule has 0 aromatic heterocycles. The first kappa shape index (κ1) is 20.9. The second kappa shape index (κ2) is 8.96. The predicted molar refractivity (Wildman–Crippen MR) is 101 cm³/mol. The Hall–Kier alpha value is -3.45. The first-order chi connectivity index (χ1) is 13.2. The molecule has 6 nitrogen and oxygen atoms in total. The summed E-state index contributed by atoms with van der Waals surface area (Å²) in [6.45, 7) is 0. The minimum atomic E-state index is -2.15. The molecule has 0 aliphatic heterocycles. The van der Waals surface area contributed by atoms with Gasteiger partial charge in [-0.1, -0.05) is 35.3 Å². The maximum absolute atomic E-state index is 12.6. The van der Waals surface area contributed by atoms with E-state index in [0.29, 0.717) is 10.0 Å². The molecule has 28 heavy (non-hydrogen) atoms. The summed E-state index contributed by atoms with van der Waals surface area (Å²) in [6, 6.07) is 11.3. The Morgan fingerprint density at radius 2 is 1.21 bits per heavy atom. The molecular formula is C20H10Cl2O6. The molecule has 0 fully saturated rings. The monoisotopic (exact) mass is 416 g/mol. The van der Waals surface area contributed by atoms with E-state index in [1.54, 1.807) is 0 Å². The molecule has 2 N–H and O–H groups in total. The molecule has 0 saturated carbocycles. The lowest BCUT2D eigenvalue weighted by atomic mass is 9.94. The average molecular weight is 417 g/mol. The molecule has 2 aromatic rings. The van der Waals surface area contributed by atoms with Crippen molar-refractivity contribution in [1.29, 1.82) is 0 Å². The van der Waals surface area contributed by atoms with Gasteiger partial charge < -0.3 is 14.9 Å². The third-order valence-corrected chi connectivity index (χ3v) is 3.77. The Morgan fingerprint density at radius 1 is 0.786 bits per heavy atom. The van der Waals surface area contributed by atoms with Gasteiger partial charge in [0, 0.05) is 27.4 Å². The summed E-state index contributed by atoms with van der Waals surface area (Å²) in [5.41, 5.74) is -1.95. The van der Waals surface area contributed by atoms with Crippen molar-refractivity contribution in [2.75, 3.05) is 0 Å². The lowest BCUT2D eigenvalue weighted by Gasteiger charge is -2.23. The normalized spacial score (nSPS) is 9.93. The summed E-state index contributed by atoms with van der Waals surface area (Å²) >= 11 is 11.6. The molecule has 140 valence electrons. The van der Waals surface area contributed by atoms with Gasteiger partial charge in [0.25, 0.3) is 5.60 Å². The summed E-state index contributed by atoms with van der Waals surface area (Å²) in [7, 11) is 0. The Bertz CT molecular complexity index is 1000. The Morgan fingerprint density at radius 3 is 1.64 bits per heavy atom. The standard InChI is InChI=1S/C20H10Cl2O6/c21-15-5-1-13(2-6-15)19(27)28-20(11-9-17(23)24,12-10-18(25)26)14-3-7-16(22)8-4-14/h1-8H,(H,23,24)(H,25,26). The Kier molecular flexibility index (Phi) is 6.68. The van der Waals surface area contributed by atoms with Gasteiger partial charge in [-0.2, -0.15) is 0 Å². The largest absolute Gasteiger partial charge is 0.472 e. The third-order valence-electron chi connectivity index (χ3n) is 3.27. The zero-order chi connectivity index (χ0) is 20.7. The fourth-order valence-corrected chi connectivity index (χ4v) is 2.29. The van der Waals surface area contributed by atoms with Gasteiger partial charge in [-0.25, -0.2) is 14.4 Å². The summed E-state index contributed by atoms with van der Waals surface area (Å²) in [5, 5.41) is 18.6. The zero-order valence-electron chi connectivity index (χ0n) is 13.9. The summed E-state index contributed by atoms with van der Waals surface area (Å²) in [5.74, 6) is 4.19. The number of carboxylic acid groups (broad SMARTS) is 2. The van der Waals surface area contributed by atoms with E-state index in [1.165, 1.54) is 48.5 Å². The molecule has 0 atom stereocenters. The number of halogens is 2. The molecule has 2 rings (SSSR count). The van der Waals surface area contributed by atoms with Crippen molar-refractivity contribution in [3.8, 4) is 23.7 Å². The van der Waals surface area contributed by atoms with Crippen molar-refractivity contribution in [3.05, 3.63) is 69.7 Å². The second-order valence-corrected chi connectivity index (χ2v) is 6.07. The number of carbonyl (C=O) groups is 3. The van der Waals surface area contributed by atoms with Crippen molar-refractivity contribution in [2.24, 2.45) is 0 Å². The highest BCUT2D eigenvalue weighted by Gasteiger charge is 2.34. The van der Waals surface area contributed by atoms with E-state index < -0.39 is 23.5 Å². The summed E-state index contributed by atoms with van der Waals surface area (Å²) < 4.78 is 5.39. The van der Waals surface area contributed by atoms with E-state index in [9.17, 15) is 14.4 Å². The van der Waals surface area contributed by atoms with Gasteiger partial charge in [-0.05, 0) is 48.2 Å². The van der Waals surface area contributed by atoms with E-state index in [2.05, 4.69) is 11.8 Å². The SMILES string of the molecule is O=C(O)C#CC(C#CC(=O)O)(OC(=O)c1ccc(Cl)cc1)c1ccc(Cl)cc1. The highest BCUT2D eigenvalue weighted by Crippen LogP contribution is 2.28. The van der Waals surface area contributed by atoms with Crippen molar-refractivity contribution in [2.45, 2.75) is 5.60 Å². The van der Waals surface area contributed by atoms with Crippen LogP contribution in [0.4, 0.5) is 0 Å². The van der Waals surface area contributed by atoms with Gasteiger partial charge in [-0.3, -0.25) is 0 Å². The number of hydrogen-bond acceptors (Lipinski definition) is 4. The average Bonchev–Trinajstić information content (AvgIpc) is 2.65. The van der Waals surface area contributed by atoms with Crippen LogP contribution in [-0.4, -0.2) is 28.1 Å². The van der Waals surface area contributed by atoms with Gasteiger partial charge >= 0.3 is 17.9 Å². The van der Waals surface area contributed by atoms with Crippen LogP contribution in [0.15, 0.2) is 48.5 Å². The molecule has 2 aromatic carbocycles. The fraction of sp³-hybridized carbons (Fsp3) is 0.0500. The maximum Gasteiger partial charge on any atom is 0.382 e. The molecule has 8 heteroatoms. The van der Waals surface area contributed by atoms with Gasteiger partial charge in [-0.15, -0.1) is 0 Å². The van der Waals surface area contributed by atoms with Gasteiger partial charge in [0.2, 0.25) is 0 Å². The van der Waals surface area contributed by atoms with Crippen molar-refractivity contribution in [3.63, 3.8) is 0 Å². The highest BCUT2D eigenvalue weighted by molar-refractivity contribution is 6.30. The van der Waals surface area contributed by atoms with Crippen LogP contribution >= 0.6 is 23.2 Å². The quantitative estimate of drug-likeness (QED) is 0.588. The van der Waals surface area contributed by atoms with Crippen molar-refractivity contribution >= 4 is 41.1 Å². The molecule has 0 spiro atoms. The molecule has 0 aliphatic rings. The van der Waals surface area contributed by atoms with Crippen LogP contribution in [0, 0.1) is 23.7 Å². The summed E-state index contributed by atoms with van der Waals surface area (Å²) in [4.78, 5) is 34.5. The molecule has 0 radical (unpaired) electrons. The number of rotatable bonds is 3. The number of ether oxygens (including phenoxy) is 1. The van der Waals surface area contributed by atoms with Gasteiger partial charge in [0.05, 0.1) is 5.56 Å². The minimum absolute atomic E-state index is 0.0805. The smallest absolute Gasteiger partial charge is 0.382 e. The van der Waals surface area contributed by atoms with Crippen LogP contribution in [0.1, 0.15) is 15.9 Å². The first-order valence-corrected chi connectivity index (χ1v) is 8.24. The number of benzene rings is 2. The van der Waals surface area contributed by atoms with Crippen LogP contribution in [0.2, 0.25) is 10.0 Å². The van der Waals surface area contributed by atoms with E-state index in [4.69, 9.17) is 38.2 Å². The third kappa shape index (κ3) is 5.52. The molecule has 0 saturated heterocycles. The van der Waals surface area contributed by atoms with Crippen molar-refractivity contribution in [1.82, 2.24) is 0 Å². The van der Waals surface area contributed by atoms with Crippen LogP contribution < -0.4 is 0 Å². The molecular weight excluding hydrogens is 407 g/mol. The van der Waals surface area contributed by atoms with E-state index in [0.717, 1.165) is 0 Å².